The van der Waals surface area contributed by atoms with Gasteiger partial charge in [-0.1, -0.05) is 6.92 Å². The fraction of sp³-hybridized carbons (Fsp3) is 0.533. The molecule has 0 aliphatic carbocycles. The lowest BCUT2D eigenvalue weighted by molar-refractivity contribution is -0.132. The second-order valence-electron chi connectivity index (χ2n) is 4.97. The van der Waals surface area contributed by atoms with E-state index in [1.165, 1.54) is 24.3 Å². The molecule has 0 spiro atoms. The molecule has 22 heavy (non-hydrogen) atoms. The van der Waals surface area contributed by atoms with E-state index in [9.17, 15) is 17.6 Å². The van der Waals surface area contributed by atoms with E-state index in [-0.39, 0.29) is 11.6 Å². The predicted octanol–water partition coefficient (Wildman–Crippen LogP) is 2.24. The van der Waals surface area contributed by atoms with Crippen LogP contribution in [-0.2, 0) is 14.8 Å². The summed E-state index contributed by atoms with van der Waals surface area (Å²) in [6.07, 6.45) is 1.38. The Hall–Kier alpha value is -1.63. The fourth-order valence-electron chi connectivity index (χ4n) is 2.38. The van der Waals surface area contributed by atoms with Crippen molar-refractivity contribution in [3.8, 4) is 0 Å². The molecule has 1 amide bonds. The topological polar surface area (TPSA) is 57.7 Å². The molecule has 0 radical (unpaired) electrons. The first-order chi connectivity index (χ1) is 10.3. The summed E-state index contributed by atoms with van der Waals surface area (Å²) in [5.41, 5.74) is 0.288. The average molecular weight is 330 g/mol. The van der Waals surface area contributed by atoms with E-state index in [4.69, 9.17) is 0 Å². The number of amides is 1. The molecule has 7 heteroatoms. The molecule has 0 heterocycles. The summed E-state index contributed by atoms with van der Waals surface area (Å²) in [7, 11) is -3.67. The van der Waals surface area contributed by atoms with E-state index in [0.29, 0.717) is 19.5 Å². The second-order valence-corrected chi connectivity index (χ2v) is 6.83. The van der Waals surface area contributed by atoms with Crippen molar-refractivity contribution in [1.82, 2.24) is 4.90 Å². The van der Waals surface area contributed by atoms with Gasteiger partial charge < -0.3 is 4.90 Å². The van der Waals surface area contributed by atoms with E-state index < -0.39 is 21.9 Å². The first-order valence-corrected chi connectivity index (χ1v) is 9.14. The third kappa shape index (κ3) is 4.19. The zero-order valence-electron chi connectivity index (χ0n) is 13.4. The van der Waals surface area contributed by atoms with Gasteiger partial charge in [-0.25, -0.2) is 12.8 Å². The third-order valence-corrected chi connectivity index (χ3v) is 4.65. The van der Waals surface area contributed by atoms with Gasteiger partial charge in [-0.15, -0.1) is 0 Å². The third-order valence-electron chi connectivity index (χ3n) is 3.47. The number of nitrogens with zero attached hydrogens (tertiary/aromatic N) is 2. The molecular formula is C15H23FN2O3S. The Morgan fingerprint density at radius 2 is 1.64 bits per heavy atom. The first kappa shape index (κ1) is 18.4. The molecule has 0 aliphatic heterocycles. The minimum atomic E-state index is -3.67. The summed E-state index contributed by atoms with van der Waals surface area (Å²) in [5, 5.41) is 0. The monoisotopic (exact) mass is 330 g/mol. The Morgan fingerprint density at radius 1 is 1.14 bits per heavy atom. The zero-order chi connectivity index (χ0) is 16.9. The second kappa shape index (κ2) is 7.58. The Kier molecular flexibility index (Phi) is 6.34. The van der Waals surface area contributed by atoms with Gasteiger partial charge in [0.05, 0.1) is 11.9 Å². The summed E-state index contributed by atoms with van der Waals surface area (Å²) >= 11 is 0. The number of benzene rings is 1. The van der Waals surface area contributed by atoms with Crippen LogP contribution in [0, 0.1) is 5.82 Å². The van der Waals surface area contributed by atoms with Gasteiger partial charge in [-0.2, -0.15) is 0 Å². The molecule has 1 aromatic carbocycles. The quantitative estimate of drug-likeness (QED) is 0.770. The maximum atomic E-state index is 13.1. The highest BCUT2D eigenvalue weighted by Gasteiger charge is 2.33. The van der Waals surface area contributed by atoms with Gasteiger partial charge in [-0.3, -0.25) is 9.10 Å². The molecule has 124 valence electrons. The van der Waals surface area contributed by atoms with Gasteiger partial charge in [0.25, 0.3) is 0 Å². The number of likely N-dealkylation sites (N-methyl/N-ethyl adjacent to an activating group) is 1. The van der Waals surface area contributed by atoms with Crippen molar-refractivity contribution >= 4 is 21.6 Å². The number of rotatable bonds is 7. The summed E-state index contributed by atoms with van der Waals surface area (Å²) in [6, 6.07) is 4.27. The number of hydrogen-bond acceptors (Lipinski definition) is 3. The maximum absolute atomic E-state index is 13.1. The number of anilines is 1. The molecule has 0 aliphatic rings. The molecule has 0 aromatic heterocycles. The average Bonchev–Trinajstić information content (AvgIpc) is 2.45. The highest BCUT2D eigenvalue weighted by molar-refractivity contribution is 7.92. The minimum absolute atomic E-state index is 0.248. The van der Waals surface area contributed by atoms with Crippen LogP contribution in [0.1, 0.15) is 27.2 Å². The highest BCUT2D eigenvalue weighted by Crippen LogP contribution is 2.23. The number of halogens is 1. The van der Waals surface area contributed by atoms with Gasteiger partial charge in [0.15, 0.2) is 0 Å². The Labute approximate surface area is 131 Å². The molecule has 5 nitrogen and oxygen atoms in total. The fourth-order valence-corrected chi connectivity index (χ4v) is 3.58. The lowest BCUT2D eigenvalue weighted by Crippen LogP contribution is -2.50. The minimum Gasteiger partial charge on any atom is -0.341 e. The van der Waals surface area contributed by atoms with Crippen LogP contribution < -0.4 is 4.31 Å². The van der Waals surface area contributed by atoms with E-state index in [1.54, 1.807) is 11.8 Å². The van der Waals surface area contributed by atoms with E-state index in [2.05, 4.69) is 0 Å². The number of hydrogen-bond donors (Lipinski definition) is 0. The Balaban J connectivity index is 3.31. The van der Waals surface area contributed by atoms with Crippen molar-refractivity contribution in [2.75, 3.05) is 23.7 Å². The highest BCUT2D eigenvalue weighted by atomic mass is 32.2. The van der Waals surface area contributed by atoms with Crippen LogP contribution >= 0.6 is 0 Å². The standard InChI is InChI=1S/C15H23FN2O3S/c1-5-14(15(19)17(6-2)7-3)18(22(4,20)21)13-10-8-12(16)9-11-13/h8-11,14H,5-7H2,1-4H3/t14-/m0/s1. The van der Waals surface area contributed by atoms with Crippen LogP contribution in [0.4, 0.5) is 10.1 Å². The van der Waals surface area contributed by atoms with Crippen LogP contribution in [0.2, 0.25) is 0 Å². The maximum Gasteiger partial charge on any atom is 0.246 e. The summed E-state index contributed by atoms with van der Waals surface area (Å²) < 4.78 is 38.5. The van der Waals surface area contributed by atoms with Gasteiger partial charge in [-0.05, 0) is 44.5 Å². The van der Waals surface area contributed by atoms with E-state index in [1.807, 2.05) is 13.8 Å². The van der Waals surface area contributed by atoms with Crippen LogP contribution in [0.25, 0.3) is 0 Å². The SMILES string of the molecule is CC[C@@H](C(=O)N(CC)CC)N(c1ccc(F)cc1)S(C)(=O)=O. The molecule has 0 saturated heterocycles. The zero-order valence-corrected chi connectivity index (χ0v) is 14.2. The van der Waals surface area contributed by atoms with Crippen LogP contribution in [-0.4, -0.2) is 44.6 Å². The van der Waals surface area contributed by atoms with Gasteiger partial charge in [0.2, 0.25) is 15.9 Å². The molecular weight excluding hydrogens is 307 g/mol. The number of carbonyl (C=O) groups is 1. The molecule has 1 atom stereocenters. The van der Waals surface area contributed by atoms with Crippen molar-refractivity contribution < 1.29 is 17.6 Å². The lowest BCUT2D eigenvalue weighted by atomic mass is 10.1. The summed E-state index contributed by atoms with van der Waals surface area (Å²) in [5.74, 6) is -0.706. The molecule has 1 rings (SSSR count). The van der Waals surface area contributed by atoms with Crippen molar-refractivity contribution in [1.29, 1.82) is 0 Å². The lowest BCUT2D eigenvalue weighted by Gasteiger charge is -2.33. The Morgan fingerprint density at radius 3 is 2.00 bits per heavy atom. The van der Waals surface area contributed by atoms with E-state index in [0.717, 1.165) is 10.6 Å². The predicted molar refractivity (Wildman–Crippen MR) is 85.7 cm³/mol. The molecule has 1 aromatic rings. The molecule has 0 bridgehead atoms. The van der Waals surface area contributed by atoms with Crippen molar-refractivity contribution in [2.45, 2.75) is 33.2 Å². The van der Waals surface area contributed by atoms with Gasteiger partial charge in [0, 0.05) is 13.1 Å². The Bertz CT molecular complexity index is 598. The van der Waals surface area contributed by atoms with Crippen LogP contribution in [0.5, 0.6) is 0 Å². The first-order valence-electron chi connectivity index (χ1n) is 7.29. The molecule has 0 unspecified atom stereocenters. The largest absolute Gasteiger partial charge is 0.341 e. The summed E-state index contributed by atoms with van der Waals surface area (Å²) in [4.78, 5) is 14.2. The van der Waals surface area contributed by atoms with E-state index >= 15 is 0 Å². The normalized spacial score (nSPS) is 12.8. The van der Waals surface area contributed by atoms with Gasteiger partial charge >= 0.3 is 0 Å². The number of sulfonamides is 1. The molecule has 0 saturated carbocycles. The van der Waals surface area contributed by atoms with Gasteiger partial charge in [0.1, 0.15) is 11.9 Å². The molecule has 0 fully saturated rings. The van der Waals surface area contributed by atoms with Crippen molar-refractivity contribution in [2.24, 2.45) is 0 Å². The van der Waals surface area contributed by atoms with Crippen LogP contribution in [0.15, 0.2) is 24.3 Å². The van der Waals surface area contributed by atoms with Crippen LogP contribution in [0.3, 0.4) is 0 Å². The summed E-state index contributed by atoms with van der Waals surface area (Å²) in [6.45, 7) is 6.46. The molecule has 0 N–H and O–H groups in total. The van der Waals surface area contributed by atoms with Crippen molar-refractivity contribution in [3.05, 3.63) is 30.1 Å². The smallest absolute Gasteiger partial charge is 0.246 e. The van der Waals surface area contributed by atoms with Crippen molar-refractivity contribution in [3.63, 3.8) is 0 Å². The number of carbonyl (C=O) groups excluding carboxylic acids is 1.